The number of ketones is 1. The average molecular weight is 489 g/mol. The van der Waals surface area contributed by atoms with Gasteiger partial charge in [0.05, 0.1) is 21.1 Å². The normalized spacial score (nSPS) is 13.0. The van der Waals surface area contributed by atoms with Crippen LogP contribution in [-0.2, 0) is 0 Å². The highest BCUT2D eigenvalue weighted by Gasteiger charge is 2.32. The predicted molar refractivity (Wildman–Crippen MR) is 121 cm³/mol. The van der Waals surface area contributed by atoms with Gasteiger partial charge in [0.25, 0.3) is 11.8 Å². The van der Waals surface area contributed by atoms with Gasteiger partial charge in [0.1, 0.15) is 5.69 Å². The van der Waals surface area contributed by atoms with Crippen LogP contribution in [0.4, 0.5) is 4.79 Å². The summed E-state index contributed by atoms with van der Waals surface area (Å²) in [5.74, 6) is -1.08. The van der Waals surface area contributed by atoms with Crippen molar-refractivity contribution in [3.8, 4) is 0 Å². The number of nitrogens with one attached hydrogen (secondary N) is 2. The van der Waals surface area contributed by atoms with Crippen LogP contribution >= 0.6 is 23.2 Å². The quantitative estimate of drug-likeness (QED) is 0.343. The first-order valence-electron chi connectivity index (χ1n) is 10.1. The Balaban J connectivity index is 1.59. The molecule has 2 aromatic heterocycles. The van der Waals surface area contributed by atoms with Gasteiger partial charge in [-0.2, -0.15) is 0 Å². The van der Waals surface area contributed by atoms with Crippen LogP contribution in [0.2, 0.25) is 10.0 Å². The van der Waals surface area contributed by atoms with Crippen molar-refractivity contribution < 1.29 is 24.3 Å². The minimum atomic E-state index is -1.20. The maximum atomic E-state index is 13.3. The lowest BCUT2D eigenvalue weighted by Crippen LogP contribution is -2.34. The Bertz CT molecular complexity index is 1280. The van der Waals surface area contributed by atoms with E-state index < -0.39 is 17.9 Å². The molecule has 0 radical (unpaired) electrons. The van der Waals surface area contributed by atoms with Gasteiger partial charge in [-0.05, 0) is 37.1 Å². The van der Waals surface area contributed by atoms with Crippen LogP contribution in [0.5, 0.6) is 0 Å². The molecule has 1 aliphatic rings. The number of nitrogens with zero attached hydrogens (tertiary/aromatic N) is 2. The zero-order valence-corrected chi connectivity index (χ0v) is 18.6. The standard InChI is InChI=1S/C22H18Cl2N4O5/c23-14-9-12(20(30)26-6-7-27-22(32)33)10-15(24)17(14)21(31)28-8-4-13-16(28)3-5-25-18(13)19(29)11-1-2-11/h3-5,8-11,27H,1-2,6-7H2,(H,26,30)(H,32,33). The summed E-state index contributed by atoms with van der Waals surface area (Å²) >= 11 is 12.6. The van der Waals surface area contributed by atoms with E-state index in [1.165, 1.54) is 29.1 Å². The second-order valence-corrected chi connectivity index (χ2v) is 8.34. The molecule has 1 fully saturated rings. The highest BCUT2D eigenvalue weighted by atomic mass is 35.5. The molecule has 0 saturated heterocycles. The summed E-state index contributed by atoms with van der Waals surface area (Å²) in [6, 6.07) is 5.92. The lowest BCUT2D eigenvalue weighted by atomic mass is 10.1. The summed E-state index contributed by atoms with van der Waals surface area (Å²) in [6.45, 7) is 0.0895. The van der Waals surface area contributed by atoms with Crippen molar-refractivity contribution in [2.24, 2.45) is 5.92 Å². The van der Waals surface area contributed by atoms with Crippen molar-refractivity contribution >= 4 is 57.8 Å². The number of amides is 2. The summed E-state index contributed by atoms with van der Waals surface area (Å²) in [5.41, 5.74) is 0.963. The molecular formula is C22H18Cl2N4O5. The molecule has 9 nitrogen and oxygen atoms in total. The van der Waals surface area contributed by atoms with Crippen LogP contribution in [0.25, 0.3) is 10.9 Å². The number of carboxylic acid groups (broad SMARTS) is 1. The van der Waals surface area contributed by atoms with E-state index in [1.54, 1.807) is 12.1 Å². The molecule has 2 amide bonds. The molecule has 2 heterocycles. The Morgan fingerprint density at radius 1 is 1.06 bits per heavy atom. The molecule has 33 heavy (non-hydrogen) atoms. The average Bonchev–Trinajstić information content (AvgIpc) is 3.53. The number of carbonyl (C=O) groups is 4. The molecular weight excluding hydrogens is 471 g/mol. The Labute approximate surface area is 197 Å². The molecule has 0 spiro atoms. The molecule has 0 atom stereocenters. The van der Waals surface area contributed by atoms with E-state index in [-0.39, 0.29) is 46.0 Å². The fourth-order valence-electron chi connectivity index (χ4n) is 3.46. The Kier molecular flexibility index (Phi) is 6.35. The third-order valence-corrected chi connectivity index (χ3v) is 5.82. The number of rotatable bonds is 7. The maximum absolute atomic E-state index is 13.3. The summed E-state index contributed by atoms with van der Waals surface area (Å²) in [5, 5.41) is 13.7. The van der Waals surface area contributed by atoms with E-state index in [0.717, 1.165) is 12.8 Å². The van der Waals surface area contributed by atoms with Crippen LogP contribution in [0.15, 0.2) is 36.7 Å². The predicted octanol–water partition coefficient (Wildman–Crippen LogP) is 3.62. The van der Waals surface area contributed by atoms with Gasteiger partial charge in [0.2, 0.25) is 0 Å². The molecule has 3 N–H and O–H groups in total. The molecule has 0 unspecified atom stereocenters. The Morgan fingerprint density at radius 3 is 2.36 bits per heavy atom. The zero-order chi connectivity index (χ0) is 23.7. The van der Waals surface area contributed by atoms with E-state index in [4.69, 9.17) is 28.3 Å². The molecule has 4 rings (SSSR count). The molecule has 0 aliphatic heterocycles. The van der Waals surface area contributed by atoms with E-state index >= 15 is 0 Å². The largest absolute Gasteiger partial charge is 0.465 e. The number of Topliss-reactive ketones (excluding diaryl/α,β-unsaturated/α-hetero) is 1. The van der Waals surface area contributed by atoms with E-state index in [2.05, 4.69) is 15.6 Å². The van der Waals surface area contributed by atoms with Crippen molar-refractivity contribution in [3.05, 3.63) is 63.5 Å². The summed E-state index contributed by atoms with van der Waals surface area (Å²) < 4.78 is 1.34. The van der Waals surface area contributed by atoms with Gasteiger partial charge in [-0.3, -0.25) is 23.9 Å². The minimum absolute atomic E-state index is 0.00630. The monoisotopic (exact) mass is 488 g/mol. The maximum Gasteiger partial charge on any atom is 0.404 e. The summed E-state index contributed by atoms with van der Waals surface area (Å²) in [6.07, 6.45) is 3.50. The molecule has 1 aromatic carbocycles. The molecule has 1 saturated carbocycles. The topological polar surface area (TPSA) is 130 Å². The van der Waals surface area contributed by atoms with Crippen molar-refractivity contribution in [1.82, 2.24) is 20.2 Å². The summed E-state index contributed by atoms with van der Waals surface area (Å²) in [4.78, 5) is 52.8. The van der Waals surface area contributed by atoms with Crippen LogP contribution in [-0.4, -0.2) is 51.4 Å². The van der Waals surface area contributed by atoms with Gasteiger partial charge >= 0.3 is 6.09 Å². The number of benzene rings is 1. The van der Waals surface area contributed by atoms with Gasteiger partial charge in [-0.1, -0.05) is 23.2 Å². The van der Waals surface area contributed by atoms with Crippen LogP contribution in [0.3, 0.4) is 0 Å². The second-order valence-electron chi connectivity index (χ2n) is 7.52. The number of aromatic nitrogens is 2. The van der Waals surface area contributed by atoms with E-state index in [9.17, 15) is 19.2 Å². The van der Waals surface area contributed by atoms with Crippen molar-refractivity contribution in [3.63, 3.8) is 0 Å². The molecule has 170 valence electrons. The summed E-state index contributed by atoms with van der Waals surface area (Å²) in [7, 11) is 0. The third kappa shape index (κ3) is 4.69. The van der Waals surface area contributed by atoms with Gasteiger partial charge in [0.15, 0.2) is 5.78 Å². The van der Waals surface area contributed by atoms with Gasteiger partial charge in [0, 0.05) is 42.4 Å². The lowest BCUT2D eigenvalue weighted by Gasteiger charge is -2.11. The fourth-order valence-corrected chi connectivity index (χ4v) is 4.10. The smallest absolute Gasteiger partial charge is 0.404 e. The second kappa shape index (κ2) is 9.21. The molecule has 0 bridgehead atoms. The number of fused-ring (bicyclic) bond motifs is 1. The van der Waals surface area contributed by atoms with Gasteiger partial charge in [-0.25, -0.2) is 4.79 Å². The van der Waals surface area contributed by atoms with Crippen LogP contribution in [0.1, 0.15) is 44.0 Å². The Morgan fingerprint density at radius 2 is 1.73 bits per heavy atom. The van der Waals surface area contributed by atoms with E-state index in [0.29, 0.717) is 16.6 Å². The first-order chi connectivity index (χ1) is 15.8. The lowest BCUT2D eigenvalue weighted by molar-refractivity contribution is 0.0946. The van der Waals surface area contributed by atoms with Gasteiger partial charge < -0.3 is 15.7 Å². The van der Waals surface area contributed by atoms with Crippen molar-refractivity contribution in [1.29, 1.82) is 0 Å². The number of carbonyl (C=O) groups excluding carboxylic acids is 3. The number of pyridine rings is 1. The van der Waals surface area contributed by atoms with Gasteiger partial charge in [-0.15, -0.1) is 0 Å². The minimum Gasteiger partial charge on any atom is -0.465 e. The Hall–Kier alpha value is -3.43. The number of hydrogen-bond donors (Lipinski definition) is 3. The van der Waals surface area contributed by atoms with Crippen LogP contribution in [0, 0.1) is 5.92 Å². The molecule has 11 heteroatoms. The highest BCUT2D eigenvalue weighted by molar-refractivity contribution is 6.40. The molecule has 3 aromatic rings. The van der Waals surface area contributed by atoms with Crippen molar-refractivity contribution in [2.75, 3.05) is 13.1 Å². The van der Waals surface area contributed by atoms with Crippen LogP contribution < -0.4 is 10.6 Å². The highest BCUT2D eigenvalue weighted by Crippen LogP contribution is 2.34. The van der Waals surface area contributed by atoms with E-state index in [1.807, 2.05) is 0 Å². The first-order valence-corrected chi connectivity index (χ1v) is 10.8. The third-order valence-electron chi connectivity index (χ3n) is 5.22. The van der Waals surface area contributed by atoms with Crippen molar-refractivity contribution in [2.45, 2.75) is 12.8 Å². The zero-order valence-electron chi connectivity index (χ0n) is 17.1. The first kappa shape index (κ1) is 22.8. The molecule has 1 aliphatic carbocycles. The number of halogens is 2. The number of hydrogen-bond acceptors (Lipinski definition) is 5. The fraction of sp³-hybridized carbons (Fsp3) is 0.227. The SMILES string of the molecule is O=C(O)NCCNC(=O)c1cc(Cl)c(C(=O)n2ccc3c(C(=O)C4CC4)nccc32)c(Cl)c1.